The summed E-state index contributed by atoms with van der Waals surface area (Å²) < 4.78 is 1.56. The lowest BCUT2D eigenvalue weighted by Gasteiger charge is -2.39. The molecule has 1 unspecified atom stereocenters. The first-order chi connectivity index (χ1) is 15.3. The Morgan fingerprint density at radius 3 is 2.81 bits per heavy atom. The van der Waals surface area contributed by atoms with Gasteiger partial charge in [0.05, 0.1) is 5.69 Å². The molecular weight excluding hydrogens is 412 g/mol. The number of amides is 1. The zero-order valence-electron chi connectivity index (χ0n) is 17.4. The van der Waals surface area contributed by atoms with E-state index >= 15 is 0 Å². The minimum absolute atomic E-state index is 0.0881. The summed E-state index contributed by atoms with van der Waals surface area (Å²) >= 11 is 1.46. The maximum atomic E-state index is 13.2. The standard InChI is InChI=1S/C21H26N8OS/c30-21(20-18(6-13-31-20)29-16-23-24-25-29)28-8-3-4-17(15-28)14-26-9-11-27(12-10-26)19-5-1-2-7-22-19/h1-2,5-7,13,16-17H,3-4,8-12,14-15H2. The van der Waals surface area contributed by atoms with Crippen LogP contribution in [-0.2, 0) is 0 Å². The van der Waals surface area contributed by atoms with Crippen LogP contribution in [0.25, 0.3) is 5.69 Å². The number of carbonyl (C=O) groups is 1. The first kappa shape index (κ1) is 20.1. The van der Waals surface area contributed by atoms with Crippen LogP contribution in [0.4, 0.5) is 5.82 Å². The Labute approximate surface area is 185 Å². The van der Waals surface area contributed by atoms with E-state index in [1.807, 2.05) is 34.7 Å². The molecule has 5 rings (SSSR count). The minimum Gasteiger partial charge on any atom is -0.354 e. The average Bonchev–Trinajstić information content (AvgIpc) is 3.52. The molecule has 10 heteroatoms. The van der Waals surface area contributed by atoms with Crippen LogP contribution in [0.15, 0.2) is 42.2 Å². The number of tetrazole rings is 1. The summed E-state index contributed by atoms with van der Waals surface area (Å²) in [5.41, 5.74) is 0.757. The average molecular weight is 439 g/mol. The number of likely N-dealkylation sites (tertiary alicyclic amines) is 1. The number of rotatable bonds is 5. The highest BCUT2D eigenvalue weighted by Gasteiger charge is 2.29. The highest BCUT2D eigenvalue weighted by molar-refractivity contribution is 7.12. The normalized spacial score (nSPS) is 20.2. The van der Waals surface area contributed by atoms with Gasteiger partial charge < -0.3 is 9.80 Å². The van der Waals surface area contributed by atoms with Crippen molar-refractivity contribution in [3.05, 3.63) is 47.0 Å². The Kier molecular flexibility index (Phi) is 5.90. The summed E-state index contributed by atoms with van der Waals surface area (Å²) in [5.74, 6) is 1.66. The molecule has 0 N–H and O–H groups in total. The van der Waals surface area contributed by atoms with Gasteiger partial charge >= 0.3 is 0 Å². The number of aromatic nitrogens is 5. The van der Waals surface area contributed by atoms with Gasteiger partial charge in [0.25, 0.3) is 5.91 Å². The molecule has 0 spiro atoms. The number of carbonyl (C=O) groups excluding carboxylic acids is 1. The van der Waals surface area contributed by atoms with Crippen molar-refractivity contribution in [2.45, 2.75) is 12.8 Å². The van der Waals surface area contributed by atoms with Gasteiger partial charge in [0.1, 0.15) is 17.0 Å². The maximum absolute atomic E-state index is 13.2. The van der Waals surface area contributed by atoms with Crippen LogP contribution in [0, 0.1) is 5.92 Å². The summed E-state index contributed by atoms with van der Waals surface area (Å²) in [7, 11) is 0. The number of hydrogen-bond acceptors (Lipinski definition) is 8. The summed E-state index contributed by atoms with van der Waals surface area (Å²) in [6.45, 7) is 6.74. The molecule has 1 amide bonds. The van der Waals surface area contributed by atoms with Crippen molar-refractivity contribution in [3.8, 4) is 5.69 Å². The van der Waals surface area contributed by atoms with E-state index in [-0.39, 0.29) is 5.91 Å². The van der Waals surface area contributed by atoms with Gasteiger partial charge in [-0.05, 0) is 52.8 Å². The highest BCUT2D eigenvalue weighted by Crippen LogP contribution is 2.26. The van der Waals surface area contributed by atoms with Crippen molar-refractivity contribution >= 4 is 23.1 Å². The van der Waals surface area contributed by atoms with Gasteiger partial charge in [-0.25, -0.2) is 4.98 Å². The van der Waals surface area contributed by atoms with Gasteiger partial charge in [0, 0.05) is 52.0 Å². The van der Waals surface area contributed by atoms with Crippen LogP contribution in [-0.4, -0.2) is 86.7 Å². The van der Waals surface area contributed by atoms with E-state index in [2.05, 4.69) is 36.4 Å². The third kappa shape index (κ3) is 4.45. The SMILES string of the molecule is O=C(c1sccc1-n1cnnn1)N1CCCC(CN2CCN(c3ccccn3)CC2)C1. The fraction of sp³-hybridized carbons (Fsp3) is 0.476. The number of nitrogens with zero attached hydrogens (tertiary/aromatic N) is 8. The summed E-state index contributed by atoms with van der Waals surface area (Å²) in [6.07, 6.45) is 5.61. The van der Waals surface area contributed by atoms with E-state index in [0.717, 1.165) is 63.7 Å². The molecule has 0 bridgehead atoms. The van der Waals surface area contributed by atoms with E-state index in [4.69, 9.17) is 0 Å². The first-order valence-electron chi connectivity index (χ1n) is 10.8. The fourth-order valence-electron chi connectivity index (χ4n) is 4.52. The Morgan fingerprint density at radius 1 is 1.13 bits per heavy atom. The van der Waals surface area contributed by atoms with E-state index in [9.17, 15) is 4.79 Å². The second-order valence-electron chi connectivity index (χ2n) is 8.12. The Balaban J connectivity index is 1.17. The molecule has 2 aliphatic heterocycles. The minimum atomic E-state index is 0.0881. The predicted octanol–water partition coefficient (Wildman–Crippen LogP) is 1.79. The lowest BCUT2D eigenvalue weighted by atomic mass is 9.97. The molecule has 0 aliphatic carbocycles. The number of piperidine rings is 1. The molecule has 2 aliphatic rings. The van der Waals surface area contributed by atoms with Crippen LogP contribution in [0.5, 0.6) is 0 Å². The van der Waals surface area contributed by atoms with E-state index < -0.39 is 0 Å². The predicted molar refractivity (Wildman–Crippen MR) is 119 cm³/mol. The molecule has 0 radical (unpaired) electrons. The first-order valence-corrected chi connectivity index (χ1v) is 11.6. The van der Waals surface area contributed by atoms with Crippen molar-refractivity contribution < 1.29 is 4.79 Å². The highest BCUT2D eigenvalue weighted by atomic mass is 32.1. The molecule has 31 heavy (non-hydrogen) atoms. The number of piperazine rings is 1. The van der Waals surface area contributed by atoms with E-state index in [1.54, 1.807) is 4.68 Å². The molecule has 0 saturated carbocycles. The lowest BCUT2D eigenvalue weighted by Crippen LogP contribution is -2.50. The largest absolute Gasteiger partial charge is 0.354 e. The molecule has 1 atom stereocenters. The van der Waals surface area contributed by atoms with Gasteiger partial charge in [0.2, 0.25) is 0 Å². The molecule has 5 heterocycles. The monoisotopic (exact) mass is 438 g/mol. The van der Waals surface area contributed by atoms with Crippen molar-refractivity contribution in [2.75, 3.05) is 50.7 Å². The maximum Gasteiger partial charge on any atom is 0.266 e. The van der Waals surface area contributed by atoms with Crippen molar-refractivity contribution in [1.29, 1.82) is 0 Å². The van der Waals surface area contributed by atoms with Crippen LogP contribution in [0.2, 0.25) is 0 Å². The number of anilines is 1. The topological polar surface area (TPSA) is 83.3 Å². The third-order valence-corrected chi connectivity index (χ3v) is 6.99. The molecule has 9 nitrogen and oxygen atoms in total. The second-order valence-corrected chi connectivity index (χ2v) is 9.04. The van der Waals surface area contributed by atoms with Crippen molar-refractivity contribution in [3.63, 3.8) is 0 Å². The summed E-state index contributed by atoms with van der Waals surface area (Å²) in [4.78, 5) is 25.3. The molecule has 3 aromatic heterocycles. The zero-order valence-corrected chi connectivity index (χ0v) is 18.2. The number of hydrogen-bond donors (Lipinski definition) is 0. The van der Waals surface area contributed by atoms with E-state index in [0.29, 0.717) is 10.8 Å². The molecule has 2 fully saturated rings. The molecule has 162 valence electrons. The van der Waals surface area contributed by atoms with Crippen molar-refractivity contribution in [2.24, 2.45) is 5.92 Å². The smallest absolute Gasteiger partial charge is 0.266 e. The number of pyridine rings is 1. The Morgan fingerprint density at radius 2 is 2.03 bits per heavy atom. The summed E-state index contributed by atoms with van der Waals surface area (Å²) in [6, 6.07) is 7.98. The molecular formula is C21H26N8OS. The van der Waals surface area contributed by atoms with Crippen LogP contribution in [0.1, 0.15) is 22.5 Å². The fourth-order valence-corrected chi connectivity index (χ4v) is 5.37. The van der Waals surface area contributed by atoms with Gasteiger partial charge in [0.15, 0.2) is 0 Å². The van der Waals surface area contributed by atoms with Crippen molar-refractivity contribution in [1.82, 2.24) is 35.0 Å². The van der Waals surface area contributed by atoms with E-state index in [1.165, 1.54) is 24.1 Å². The Hall–Kier alpha value is -2.85. The van der Waals surface area contributed by atoms with Crippen LogP contribution < -0.4 is 4.90 Å². The lowest BCUT2D eigenvalue weighted by molar-refractivity contribution is 0.0642. The quantitative estimate of drug-likeness (QED) is 0.601. The Bertz CT molecular complexity index is 984. The third-order valence-electron chi connectivity index (χ3n) is 6.10. The number of thiophene rings is 1. The van der Waals surface area contributed by atoms with Gasteiger partial charge in [-0.2, -0.15) is 4.68 Å². The van der Waals surface area contributed by atoms with Crippen LogP contribution >= 0.6 is 11.3 Å². The zero-order chi connectivity index (χ0) is 21.0. The van der Waals surface area contributed by atoms with Gasteiger partial charge in [-0.1, -0.05) is 6.07 Å². The molecule has 3 aromatic rings. The summed E-state index contributed by atoms with van der Waals surface area (Å²) in [5, 5.41) is 13.3. The molecule has 0 aromatic carbocycles. The van der Waals surface area contributed by atoms with Crippen LogP contribution in [0.3, 0.4) is 0 Å². The van der Waals surface area contributed by atoms with Gasteiger partial charge in [-0.15, -0.1) is 16.4 Å². The van der Waals surface area contributed by atoms with Gasteiger partial charge in [-0.3, -0.25) is 9.69 Å². The molecule has 2 saturated heterocycles. The second kappa shape index (κ2) is 9.11.